The van der Waals surface area contributed by atoms with Crippen molar-refractivity contribution in [3.63, 3.8) is 0 Å². The Balaban J connectivity index is 2.01. The molecule has 2 aromatic heterocycles. The van der Waals surface area contributed by atoms with Gasteiger partial charge < -0.3 is 9.67 Å². The molecular weight excluding hydrogens is 238 g/mol. The van der Waals surface area contributed by atoms with E-state index in [4.69, 9.17) is 0 Å². The zero-order valence-corrected chi connectivity index (χ0v) is 11.7. The number of aromatic nitrogens is 3. The van der Waals surface area contributed by atoms with Crippen LogP contribution in [0, 0.1) is 5.41 Å². The predicted octanol–water partition coefficient (Wildman–Crippen LogP) is 2.83. The number of rotatable bonds is 2. The Bertz CT molecular complexity index is 568. The van der Waals surface area contributed by atoms with E-state index in [-0.39, 0.29) is 17.6 Å². The predicted molar refractivity (Wildman–Crippen MR) is 73.9 cm³/mol. The molecule has 3 rings (SSSR count). The zero-order chi connectivity index (χ0) is 13.6. The highest BCUT2D eigenvalue weighted by Crippen LogP contribution is 2.42. The lowest BCUT2D eigenvalue weighted by molar-refractivity contribution is 0.0978. The maximum atomic E-state index is 10.3. The molecule has 0 aliphatic heterocycles. The quantitative estimate of drug-likeness (QED) is 0.871. The summed E-state index contributed by atoms with van der Waals surface area (Å²) in [7, 11) is 0. The van der Waals surface area contributed by atoms with Gasteiger partial charge in [-0.15, -0.1) is 0 Å². The third-order valence-electron chi connectivity index (χ3n) is 4.23. The van der Waals surface area contributed by atoms with E-state index in [1.807, 2.05) is 12.4 Å². The van der Waals surface area contributed by atoms with E-state index in [0.717, 1.165) is 24.0 Å². The molecular formula is C15H21N3O. The van der Waals surface area contributed by atoms with E-state index in [2.05, 4.69) is 47.8 Å². The van der Waals surface area contributed by atoms with Crippen LogP contribution in [0.15, 0.2) is 24.7 Å². The summed E-state index contributed by atoms with van der Waals surface area (Å²) in [5.41, 5.74) is 3.67. The number of aliphatic hydroxyl groups is 1. The summed E-state index contributed by atoms with van der Waals surface area (Å²) in [6.07, 6.45) is 7.39. The first-order valence-electron chi connectivity index (χ1n) is 6.84. The second-order valence-electron chi connectivity index (χ2n) is 6.39. The lowest BCUT2D eigenvalue weighted by atomic mass is 9.75. The Morgan fingerprint density at radius 3 is 3.00 bits per heavy atom. The van der Waals surface area contributed by atoms with Gasteiger partial charge in [0.05, 0.1) is 18.3 Å². The van der Waals surface area contributed by atoms with Gasteiger partial charge in [0.15, 0.2) is 0 Å². The summed E-state index contributed by atoms with van der Waals surface area (Å²) >= 11 is 0. The minimum atomic E-state index is -0.337. The van der Waals surface area contributed by atoms with Crippen LogP contribution in [0.2, 0.25) is 0 Å². The summed E-state index contributed by atoms with van der Waals surface area (Å²) in [5, 5.41) is 17.2. The standard InChI is InChI=1S/C15H21N3O/c1-10(11-8-16-17-9-11)18-5-4-12-13(18)6-15(2,3)7-14(12)19/h4-5,8-10,14,19H,6-7H2,1-3H3,(H,16,17). The second-order valence-corrected chi connectivity index (χ2v) is 6.39. The molecule has 2 unspecified atom stereocenters. The van der Waals surface area contributed by atoms with E-state index in [1.54, 1.807) is 0 Å². The molecule has 102 valence electrons. The van der Waals surface area contributed by atoms with Gasteiger partial charge in [-0.1, -0.05) is 13.8 Å². The normalized spacial score (nSPS) is 23.1. The summed E-state index contributed by atoms with van der Waals surface area (Å²) in [4.78, 5) is 0. The summed E-state index contributed by atoms with van der Waals surface area (Å²) in [5.74, 6) is 0. The van der Waals surface area contributed by atoms with Crippen molar-refractivity contribution in [2.45, 2.75) is 45.8 Å². The van der Waals surface area contributed by atoms with Gasteiger partial charge in [-0.25, -0.2) is 0 Å². The first-order valence-corrected chi connectivity index (χ1v) is 6.84. The van der Waals surface area contributed by atoms with Crippen LogP contribution < -0.4 is 0 Å². The van der Waals surface area contributed by atoms with E-state index in [1.165, 1.54) is 5.69 Å². The van der Waals surface area contributed by atoms with Crippen LogP contribution in [0.1, 0.15) is 56.2 Å². The molecule has 0 fully saturated rings. The molecule has 4 heteroatoms. The van der Waals surface area contributed by atoms with Crippen molar-refractivity contribution < 1.29 is 5.11 Å². The van der Waals surface area contributed by atoms with Crippen LogP contribution in [0.5, 0.6) is 0 Å². The van der Waals surface area contributed by atoms with Gasteiger partial charge in [-0.3, -0.25) is 5.10 Å². The van der Waals surface area contributed by atoms with Crippen molar-refractivity contribution in [1.82, 2.24) is 14.8 Å². The maximum absolute atomic E-state index is 10.3. The van der Waals surface area contributed by atoms with Gasteiger partial charge in [-0.05, 0) is 31.2 Å². The van der Waals surface area contributed by atoms with Gasteiger partial charge >= 0.3 is 0 Å². The number of aromatic amines is 1. The largest absolute Gasteiger partial charge is 0.388 e. The average Bonchev–Trinajstić information content (AvgIpc) is 2.94. The van der Waals surface area contributed by atoms with Crippen molar-refractivity contribution >= 4 is 0 Å². The van der Waals surface area contributed by atoms with Gasteiger partial charge in [0.2, 0.25) is 0 Å². The fourth-order valence-electron chi connectivity index (χ4n) is 3.16. The molecule has 1 aliphatic carbocycles. The van der Waals surface area contributed by atoms with Gasteiger partial charge in [0.25, 0.3) is 0 Å². The van der Waals surface area contributed by atoms with Crippen molar-refractivity contribution in [1.29, 1.82) is 0 Å². The van der Waals surface area contributed by atoms with Crippen LogP contribution in [0.25, 0.3) is 0 Å². The monoisotopic (exact) mass is 259 g/mol. The van der Waals surface area contributed by atoms with Crippen molar-refractivity contribution in [3.8, 4) is 0 Å². The average molecular weight is 259 g/mol. The molecule has 2 atom stereocenters. The molecule has 0 radical (unpaired) electrons. The zero-order valence-electron chi connectivity index (χ0n) is 11.7. The molecule has 4 nitrogen and oxygen atoms in total. The van der Waals surface area contributed by atoms with Crippen LogP contribution in [-0.2, 0) is 6.42 Å². The number of hydrogen-bond donors (Lipinski definition) is 2. The second kappa shape index (κ2) is 4.23. The molecule has 0 amide bonds. The number of nitrogens with one attached hydrogen (secondary N) is 1. The highest BCUT2D eigenvalue weighted by Gasteiger charge is 2.33. The van der Waals surface area contributed by atoms with E-state index < -0.39 is 0 Å². The molecule has 19 heavy (non-hydrogen) atoms. The molecule has 0 aromatic carbocycles. The number of H-pyrrole nitrogens is 1. The molecule has 2 N–H and O–H groups in total. The summed E-state index contributed by atoms with van der Waals surface area (Å²) in [6.45, 7) is 6.61. The molecule has 2 aromatic rings. The smallest absolute Gasteiger partial charge is 0.0812 e. The fraction of sp³-hybridized carbons (Fsp3) is 0.533. The molecule has 2 heterocycles. The molecule has 0 saturated carbocycles. The Hall–Kier alpha value is -1.55. The number of fused-ring (bicyclic) bond motifs is 1. The minimum Gasteiger partial charge on any atom is -0.388 e. The first-order chi connectivity index (χ1) is 8.98. The Labute approximate surface area is 113 Å². The van der Waals surface area contributed by atoms with Gasteiger partial charge in [0.1, 0.15) is 0 Å². The minimum absolute atomic E-state index is 0.151. The molecule has 0 spiro atoms. The Morgan fingerprint density at radius 2 is 2.32 bits per heavy atom. The number of hydrogen-bond acceptors (Lipinski definition) is 2. The molecule has 0 saturated heterocycles. The third kappa shape index (κ3) is 2.10. The van der Waals surface area contributed by atoms with E-state index in [9.17, 15) is 5.11 Å². The van der Waals surface area contributed by atoms with E-state index >= 15 is 0 Å². The Morgan fingerprint density at radius 1 is 1.53 bits per heavy atom. The lowest BCUT2D eigenvalue weighted by Gasteiger charge is -2.34. The topological polar surface area (TPSA) is 53.8 Å². The van der Waals surface area contributed by atoms with Crippen molar-refractivity contribution in [3.05, 3.63) is 41.5 Å². The summed E-state index contributed by atoms with van der Waals surface area (Å²) < 4.78 is 2.27. The highest BCUT2D eigenvalue weighted by atomic mass is 16.3. The molecule has 0 bridgehead atoms. The van der Waals surface area contributed by atoms with Crippen LogP contribution in [0.3, 0.4) is 0 Å². The SMILES string of the molecule is CC(c1cn[nH]c1)n1ccc2c1CC(C)(C)CC2O. The van der Waals surface area contributed by atoms with Crippen LogP contribution in [-0.4, -0.2) is 19.9 Å². The highest BCUT2D eigenvalue weighted by molar-refractivity contribution is 5.31. The lowest BCUT2D eigenvalue weighted by Crippen LogP contribution is -2.27. The van der Waals surface area contributed by atoms with Crippen molar-refractivity contribution in [2.75, 3.05) is 0 Å². The van der Waals surface area contributed by atoms with Crippen LogP contribution in [0.4, 0.5) is 0 Å². The van der Waals surface area contributed by atoms with Crippen molar-refractivity contribution in [2.24, 2.45) is 5.41 Å². The first kappa shape index (κ1) is 12.5. The number of nitrogens with zero attached hydrogens (tertiary/aromatic N) is 2. The van der Waals surface area contributed by atoms with Crippen LogP contribution >= 0.6 is 0 Å². The molecule has 1 aliphatic rings. The number of aliphatic hydroxyl groups excluding tert-OH is 1. The third-order valence-corrected chi connectivity index (χ3v) is 4.23. The Kier molecular flexibility index (Phi) is 2.78. The fourth-order valence-corrected chi connectivity index (χ4v) is 3.16. The summed E-state index contributed by atoms with van der Waals surface area (Å²) in [6, 6.07) is 2.30. The van der Waals surface area contributed by atoms with Gasteiger partial charge in [-0.2, -0.15) is 5.10 Å². The van der Waals surface area contributed by atoms with Gasteiger partial charge in [0, 0.05) is 29.2 Å². The van der Waals surface area contributed by atoms with E-state index in [0.29, 0.717) is 0 Å². The maximum Gasteiger partial charge on any atom is 0.0812 e.